The van der Waals surface area contributed by atoms with Gasteiger partial charge in [-0.1, -0.05) is 30.3 Å². The Kier molecular flexibility index (Phi) is 6.03. The number of hydrogen-bond acceptors (Lipinski definition) is 7. The Hall–Kier alpha value is -3.53. The Balaban J connectivity index is 1.67. The van der Waals surface area contributed by atoms with Gasteiger partial charge in [-0.15, -0.1) is 5.10 Å². The van der Waals surface area contributed by atoms with Gasteiger partial charge in [0.15, 0.2) is 16.7 Å². The van der Waals surface area contributed by atoms with Crippen LogP contribution in [0.1, 0.15) is 25.0 Å². The lowest BCUT2D eigenvalue weighted by Crippen LogP contribution is -2.49. The molecule has 0 bridgehead atoms. The van der Waals surface area contributed by atoms with Gasteiger partial charge in [0.1, 0.15) is 6.61 Å². The zero-order valence-corrected chi connectivity index (χ0v) is 19.6. The average molecular weight is 469 g/mol. The highest BCUT2D eigenvalue weighted by Gasteiger charge is 2.61. The van der Waals surface area contributed by atoms with Crippen LogP contribution in [0.25, 0.3) is 0 Å². The summed E-state index contributed by atoms with van der Waals surface area (Å²) in [5.74, 6) is 0.110. The molecule has 0 radical (unpaired) electrons. The minimum absolute atomic E-state index is 0.200. The van der Waals surface area contributed by atoms with Crippen LogP contribution in [0.3, 0.4) is 0 Å². The van der Waals surface area contributed by atoms with Crippen LogP contribution in [0.15, 0.2) is 47.6 Å². The smallest absolute Gasteiger partial charge is 0.270 e. The number of amidine groups is 1. The lowest BCUT2D eigenvalue weighted by molar-refractivity contribution is -0.139. The van der Waals surface area contributed by atoms with Crippen molar-refractivity contribution in [2.45, 2.75) is 25.6 Å². The van der Waals surface area contributed by atoms with Crippen molar-refractivity contribution in [1.82, 2.24) is 10.3 Å². The summed E-state index contributed by atoms with van der Waals surface area (Å²) in [6, 6.07) is 12.8. The first kappa shape index (κ1) is 22.7. The summed E-state index contributed by atoms with van der Waals surface area (Å²) in [4.78, 5) is 38.3. The molecule has 0 unspecified atom stereocenters. The first-order valence-corrected chi connectivity index (χ1v) is 11.1. The van der Waals surface area contributed by atoms with Crippen molar-refractivity contribution in [3.05, 3.63) is 53.6 Å². The van der Waals surface area contributed by atoms with E-state index in [0.717, 1.165) is 22.3 Å². The van der Waals surface area contributed by atoms with Crippen LogP contribution in [-0.2, 0) is 19.3 Å². The Labute approximate surface area is 195 Å². The summed E-state index contributed by atoms with van der Waals surface area (Å²) in [6.07, 6.45) is 0. The van der Waals surface area contributed by atoms with Crippen LogP contribution in [0.2, 0.25) is 0 Å². The van der Waals surface area contributed by atoms with E-state index in [2.05, 4.69) is 10.4 Å². The van der Waals surface area contributed by atoms with Crippen molar-refractivity contribution >= 4 is 40.3 Å². The van der Waals surface area contributed by atoms with E-state index in [0.29, 0.717) is 22.7 Å². The van der Waals surface area contributed by atoms with Crippen molar-refractivity contribution in [2.75, 3.05) is 25.2 Å². The van der Waals surface area contributed by atoms with Crippen LogP contribution >= 0.6 is 11.8 Å². The van der Waals surface area contributed by atoms with E-state index in [9.17, 15) is 14.4 Å². The molecule has 1 spiro atoms. The highest BCUT2D eigenvalue weighted by Crippen LogP contribution is 2.55. The standard InChI is InChI=1S/C23H24N4O5S/c1-14-8-7-9-17-20(14)26(12-13-32-19-11-6-5-10-18(19)31-4)21(30)23(17)27(16(3)29)25-22(33-23)24-15(2)28/h5-11H,12-13H2,1-4H3,(H,24,25,28)/t23-/m1/s1. The summed E-state index contributed by atoms with van der Waals surface area (Å²) in [6.45, 7) is 5.06. The summed E-state index contributed by atoms with van der Waals surface area (Å²) in [5, 5.41) is 8.23. The van der Waals surface area contributed by atoms with Gasteiger partial charge in [-0.25, -0.2) is 0 Å². The molecule has 2 aromatic rings. The van der Waals surface area contributed by atoms with Gasteiger partial charge < -0.3 is 19.7 Å². The minimum Gasteiger partial charge on any atom is -0.493 e. The molecule has 172 valence electrons. The van der Waals surface area contributed by atoms with Crippen molar-refractivity contribution in [3.63, 3.8) is 0 Å². The van der Waals surface area contributed by atoms with Crippen LogP contribution in [0.5, 0.6) is 11.5 Å². The predicted molar refractivity (Wildman–Crippen MR) is 125 cm³/mol. The second-order valence-electron chi connectivity index (χ2n) is 7.59. The molecule has 1 atom stereocenters. The van der Waals surface area contributed by atoms with Gasteiger partial charge in [0.2, 0.25) is 16.7 Å². The Morgan fingerprint density at radius 2 is 1.85 bits per heavy atom. The monoisotopic (exact) mass is 468 g/mol. The molecule has 0 aromatic heterocycles. The van der Waals surface area contributed by atoms with Crippen molar-refractivity contribution < 1.29 is 23.9 Å². The van der Waals surface area contributed by atoms with Gasteiger partial charge in [-0.2, -0.15) is 5.01 Å². The summed E-state index contributed by atoms with van der Waals surface area (Å²) in [7, 11) is 1.57. The fourth-order valence-electron chi connectivity index (χ4n) is 4.05. The van der Waals surface area contributed by atoms with Crippen LogP contribution < -0.4 is 19.7 Å². The molecule has 0 saturated carbocycles. The molecule has 0 fully saturated rings. The number of thioether (sulfide) groups is 1. The number of para-hydroxylation sites is 3. The molecule has 10 heteroatoms. The molecule has 2 aromatic carbocycles. The quantitative estimate of drug-likeness (QED) is 0.724. The van der Waals surface area contributed by atoms with E-state index in [-0.39, 0.29) is 30.1 Å². The molecule has 1 N–H and O–H groups in total. The van der Waals surface area contributed by atoms with Gasteiger partial charge in [0.25, 0.3) is 5.91 Å². The number of hydrogen-bond donors (Lipinski definition) is 1. The average Bonchev–Trinajstić information content (AvgIpc) is 3.26. The number of nitrogens with zero attached hydrogens (tertiary/aromatic N) is 3. The van der Waals surface area contributed by atoms with Crippen LogP contribution in [-0.4, -0.2) is 48.2 Å². The number of carbonyl (C=O) groups excluding carboxylic acids is 3. The number of carbonyl (C=O) groups is 3. The van der Waals surface area contributed by atoms with Gasteiger partial charge in [-0.3, -0.25) is 14.4 Å². The number of methoxy groups -OCH3 is 1. The zero-order chi connectivity index (χ0) is 23.8. The number of nitrogens with one attached hydrogen (secondary N) is 1. The molecule has 9 nitrogen and oxygen atoms in total. The molecule has 4 rings (SSSR count). The number of fused-ring (bicyclic) bond motifs is 2. The van der Waals surface area contributed by atoms with Gasteiger partial charge in [0.05, 0.1) is 19.3 Å². The molecular formula is C23H24N4O5S. The van der Waals surface area contributed by atoms with Crippen molar-refractivity contribution in [2.24, 2.45) is 5.10 Å². The summed E-state index contributed by atoms with van der Waals surface area (Å²) < 4.78 is 11.2. The second kappa shape index (κ2) is 8.78. The first-order valence-electron chi connectivity index (χ1n) is 10.3. The minimum atomic E-state index is -1.42. The van der Waals surface area contributed by atoms with Gasteiger partial charge in [0, 0.05) is 19.4 Å². The third-order valence-electron chi connectivity index (χ3n) is 5.36. The SMILES string of the molecule is COc1ccccc1OCCN1C(=O)[C@]2(SC(NC(C)=O)=NN2C(C)=O)c2cccc(C)c21. The largest absolute Gasteiger partial charge is 0.493 e. The fraction of sp³-hybridized carbons (Fsp3) is 0.304. The number of hydrazone groups is 1. The molecule has 2 heterocycles. The van der Waals surface area contributed by atoms with E-state index in [1.807, 2.05) is 37.3 Å². The highest BCUT2D eigenvalue weighted by atomic mass is 32.2. The Morgan fingerprint density at radius 3 is 2.52 bits per heavy atom. The zero-order valence-electron chi connectivity index (χ0n) is 18.7. The molecular weight excluding hydrogens is 444 g/mol. The number of aryl methyl sites for hydroxylation is 1. The van der Waals surface area contributed by atoms with Crippen molar-refractivity contribution in [1.29, 1.82) is 0 Å². The van der Waals surface area contributed by atoms with Crippen molar-refractivity contribution in [3.8, 4) is 11.5 Å². The van der Waals surface area contributed by atoms with E-state index >= 15 is 0 Å². The lowest BCUT2D eigenvalue weighted by Gasteiger charge is -2.29. The maximum Gasteiger partial charge on any atom is 0.270 e. The van der Waals surface area contributed by atoms with Gasteiger partial charge in [-0.05, 0) is 36.4 Å². The second-order valence-corrected chi connectivity index (χ2v) is 8.77. The summed E-state index contributed by atoms with van der Waals surface area (Å²) >= 11 is 1.06. The maximum atomic E-state index is 13.9. The molecule has 3 amide bonds. The number of amides is 3. The Morgan fingerprint density at radius 1 is 1.12 bits per heavy atom. The van der Waals surface area contributed by atoms with Crippen LogP contribution in [0, 0.1) is 6.92 Å². The molecule has 33 heavy (non-hydrogen) atoms. The fourth-order valence-corrected chi connectivity index (χ4v) is 5.38. The number of anilines is 1. The maximum absolute atomic E-state index is 13.9. The molecule has 0 aliphatic carbocycles. The third kappa shape index (κ3) is 3.80. The van der Waals surface area contributed by atoms with E-state index in [1.54, 1.807) is 24.1 Å². The van der Waals surface area contributed by atoms with E-state index in [4.69, 9.17) is 9.47 Å². The molecule has 0 saturated heterocycles. The summed E-state index contributed by atoms with van der Waals surface area (Å²) in [5.41, 5.74) is 2.24. The highest BCUT2D eigenvalue weighted by molar-refractivity contribution is 8.15. The third-order valence-corrected chi connectivity index (χ3v) is 6.60. The number of ether oxygens (including phenoxy) is 2. The normalized spacial score (nSPS) is 18.9. The Bertz CT molecular complexity index is 1170. The number of rotatable bonds is 5. The predicted octanol–water partition coefficient (Wildman–Crippen LogP) is 2.58. The number of benzene rings is 2. The lowest BCUT2D eigenvalue weighted by atomic mass is 10.0. The first-order chi connectivity index (χ1) is 15.8. The topological polar surface area (TPSA) is 101 Å². The van der Waals surface area contributed by atoms with E-state index in [1.165, 1.54) is 13.8 Å². The molecule has 2 aliphatic heterocycles. The van der Waals surface area contributed by atoms with Gasteiger partial charge >= 0.3 is 0 Å². The molecule has 2 aliphatic rings. The van der Waals surface area contributed by atoms with E-state index < -0.39 is 10.8 Å². The van der Waals surface area contributed by atoms with Crippen LogP contribution in [0.4, 0.5) is 5.69 Å².